The van der Waals surface area contributed by atoms with Gasteiger partial charge in [-0.05, 0) is 97.7 Å². The van der Waals surface area contributed by atoms with Crippen LogP contribution in [0, 0.1) is 0 Å². The first kappa shape index (κ1) is 42.7. The molecule has 0 unspecified atom stereocenters. The Bertz CT molecular complexity index is 2700. The molecule has 0 aliphatic rings. The highest BCUT2D eigenvalue weighted by molar-refractivity contribution is 7.99. The lowest BCUT2D eigenvalue weighted by atomic mass is 10.2. The molecule has 0 fully saturated rings. The van der Waals surface area contributed by atoms with E-state index in [2.05, 4.69) is 119 Å². The average Bonchev–Trinajstić information content (AvgIpc) is 3.30. The summed E-state index contributed by atoms with van der Waals surface area (Å²) in [6, 6.07) is 35.3. The first-order valence-electron chi connectivity index (χ1n) is 20.2. The van der Waals surface area contributed by atoms with Crippen LogP contribution in [0.15, 0.2) is 142 Å². The molecule has 0 atom stereocenters. The highest BCUT2D eigenvalue weighted by atomic mass is 35.5. The Morgan fingerprint density at radius 2 is 0.905 bits per heavy atom. The standard InChI is InChI=1S/C44H40Cl2N16S/c1-3-61-25-21-35(33-9-5-7-11-37(33)61)59-57-31-17-13-29(14-18-31)49-43-53-39(45)51-41(55-43)47-23-27-63-28-24-48-42-52-40(46)54-44(56-42)50-30-15-19-32(20-16-30)58-60-36-22-26-62(4-2)38-12-8-6-10-34(36)38/h5-22,25-26H,3-4,23-24,27-28H2,1-2H3,(H2,47,48,51,52,53,54,55,56)/p+2. The summed E-state index contributed by atoms with van der Waals surface area (Å²) in [6.45, 7) is 7.19. The third kappa shape index (κ3) is 11.3. The number of hydrogen-bond donors (Lipinski definition) is 4. The van der Waals surface area contributed by atoms with Gasteiger partial charge in [-0.25, -0.2) is 0 Å². The lowest BCUT2D eigenvalue weighted by molar-refractivity contribution is -0.667. The van der Waals surface area contributed by atoms with Crippen LogP contribution < -0.4 is 30.4 Å². The van der Waals surface area contributed by atoms with E-state index in [9.17, 15) is 0 Å². The van der Waals surface area contributed by atoms with Crippen LogP contribution in [0.25, 0.3) is 21.8 Å². The van der Waals surface area contributed by atoms with E-state index in [4.69, 9.17) is 23.2 Å². The molecule has 0 amide bonds. The summed E-state index contributed by atoms with van der Waals surface area (Å²) in [5.74, 6) is 2.92. The van der Waals surface area contributed by atoms with Gasteiger partial charge in [0, 0.05) is 60.2 Å². The largest absolute Gasteiger partial charge is 0.353 e. The van der Waals surface area contributed by atoms with Crippen LogP contribution in [0.2, 0.25) is 10.6 Å². The maximum Gasteiger partial charge on any atom is 0.233 e. The number of thioether (sulfide) groups is 1. The topological polar surface area (TPSA) is 183 Å². The molecule has 4 aromatic heterocycles. The van der Waals surface area contributed by atoms with Crippen molar-refractivity contribution < 1.29 is 9.13 Å². The number of azo groups is 2. The first-order valence-corrected chi connectivity index (χ1v) is 22.1. The lowest BCUT2D eigenvalue weighted by Crippen LogP contribution is -2.32. The van der Waals surface area contributed by atoms with Gasteiger partial charge in [0.25, 0.3) is 0 Å². The van der Waals surface area contributed by atoms with Gasteiger partial charge < -0.3 is 21.3 Å². The number of hydrogen-bond acceptors (Lipinski definition) is 15. The first-order chi connectivity index (χ1) is 30.9. The number of anilines is 6. The van der Waals surface area contributed by atoms with Crippen LogP contribution in [0.3, 0.4) is 0 Å². The van der Waals surface area contributed by atoms with E-state index in [1.54, 1.807) is 11.8 Å². The molecule has 63 heavy (non-hydrogen) atoms. The number of aryl methyl sites for hydroxylation is 2. The monoisotopic (exact) mass is 896 g/mol. The van der Waals surface area contributed by atoms with E-state index in [1.165, 1.54) is 0 Å². The fourth-order valence-electron chi connectivity index (χ4n) is 6.52. The molecule has 0 saturated heterocycles. The molecule has 0 saturated carbocycles. The second kappa shape index (κ2) is 20.7. The van der Waals surface area contributed by atoms with Crippen molar-refractivity contribution >= 4 is 115 Å². The van der Waals surface area contributed by atoms with Crippen molar-refractivity contribution in [1.82, 2.24) is 29.9 Å². The number of fused-ring (bicyclic) bond motifs is 2. The third-order valence-electron chi connectivity index (χ3n) is 9.55. The Balaban J connectivity index is 0.768. The zero-order valence-electron chi connectivity index (χ0n) is 34.3. The quantitative estimate of drug-likeness (QED) is 0.0365. The number of aromatic nitrogens is 8. The van der Waals surface area contributed by atoms with Gasteiger partial charge >= 0.3 is 0 Å². The zero-order valence-corrected chi connectivity index (χ0v) is 36.6. The van der Waals surface area contributed by atoms with Crippen molar-refractivity contribution in [3.05, 3.63) is 132 Å². The van der Waals surface area contributed by atoms with Crippen LogP contribution in [0.1, 0.15) is 13.8 Å². The summed E-state index contributed by atoms with van der Waals surface area (Å²) in [7, 11) is 0. The summed E-state index contributed by atoms with van der Waals surface area (Å²) in [5.41, 5.74) is 6.78. The fourth-order valence-corrected chi connectivity index (χ4v) is 7.53. The van der Waals surface area contributed by atoms with Crippen molar-refractivity contribution in [1.29, 1.82) is 0 Å². The van der Waals surface area contributed by atoms with Gasteiger partial charge in [0.15, 0.2) is 12.4 Å². The maximum absolute atomic E-state index is 6.25. The van der Waals surface area contributed by atoms with Gasteiger partial charge in [-0.2, -0.15) is 61.0 Å². The van der Waals surface area contributed by atoms with E-state index in [-0.39, 0.29) is 10.6 Å². The van der Waals surface area contributed by atoms with Crippen LogP contribution in [-0.2, 0) is 13.1 Å². The molecule has 0 aliphatic heterocycles. The molecular weight excluding hydrogens is 856 g/mol. The minimum Gasteiger partial charge on any atom is -0.353 e. The van der Waals surface area contributed by atoms with Crippen LogP contribution >= 0.6 is 35.0 Å². The third-order valence-corrected chi connectivity index (χ3v) is 10.9. The molecule has 316 valence electrons. The van der Waals surface area contributed by atoms with Crippen molar-refractivity contribution in [3.8, 4) is 0 Å². The fraction of sp³-hybridized carbons (Fsp3) is 0.182. The maximum atomic E-state index is 6.25. The molecule has 4 heterocycles. The number of para-hydroxylation sites is 2. The summed E-state index contributed by atoms with van der Waals surface area (Å²) in [6.07, 6.45) is 4.06. The van der Waals surface area contributed by atoms with Crippen LogP contribution in [0.4, 0.5) is 57.9 Å². The van der Waals surface area contributed by atoms with Crippen LogP contribution in [0.5, 0.6) is 0 Å². The zero-order chi connectivity index (χ0) is 43.4. The molecule has 0 aliphatic carbocycles. The summed E-state index contributed by atoms with van der Waals surface area (Å²) in [5, 5.41) is 33.0. The van der Waals surface area contributed by atoms with Crippen molar-refractivity contribution in [3.63, 3.8) is 0 Å². The molecule has 16 nitrogen and oxygen atoms in total. The van der Waals surface area contributed by atoms with Gasteiger partial charge in [-0.3, -0.25) is 0 Å². The van der Waals surface area contributed by atoms with Gasteiger partial charge in [0.2, 0.25) is 45.4 Å². The van der Waals surface area contributed by atoms with E-state index >= 15 is 0 Å². The number of benzene rings is 4. The summed E-state index contributed by atoms with van der Waals surface area (Å²) >= 11 is 14.2. The van der Waals surface area contributed by atoms with Crippen molar-refractivity contribution in [2.75, 3.05) is 45.9 Å². The van der Waals surface area contributed by atoms with Crippen LogP contribution in [-0.4, -0.2) is 54.5 Å². The molecule has 4 aromatic carbocycles. The smallest absolute Gasteiger partial charge is 0.233 e. The van der Waals surface area contributed by atoms with Gasteiger partial charge in [0.05, 0.1) is 22.1 Å². The Morgan fingerprint density at radius 1 is 0.492 bits per heavy atom. The Morgan fingerprint density at radius 3 is 1.33 bits per heavy atom. The van der Waals surface area contributed by atoms with E-state index in [0.29, 0.717) is 48.3 Å². The minimum atomic E-state index is 0.0719. The molecule has 4 N–H and O–H groups in total. The summed E-state index contributed by atoms with van der Waals surface area (Å²) < 4.78 is 4.36. The lowest BCUT2D eigenvalue weighted by Gasteiger charge is -2.09. The summed E-state index contributed by atoms with van der Waals surface area (Å²) in [4.78, 5) is 25.9. The predicted octanol–water partition coefficient (Wildman–Crippen LogP) is 10.9. The second-order valence-electron chi connectivity index (χ2n) is 13.7. The predicted molar refractivity (Wildman–Crippen MR) is 251 cm³/mol. The SMILES string of the molecule is CC[n+]1ccc(N=Nc2ccc(Nc3nc(Cl)nc(NCCSCCNc4nc(Cl)nc(Nc5ccc(N=Nc6cc[n+](CC)c7ccccc67)cc5)n4)n3)cc2)c2ccccc21. The van der Waals surface area contributed by atoms with Gasteiger partial charge in [-0.15, -0.1) is 10.2 Å². The highest BCUT2D eigenvalue weighted by Crippen LogP contribution is 2.29. The molecule has 8 rings (SSSR count). The van der Waals surface area contributed by atoms with E-state index in [0.717, 1.165) is 69.2 Å². The Hall–Kier alpha value is -6.95. The van der Waals surface area contributed by atoms with Gasteiger partial charge in [-0.1, -0.05) is 24.3 Å². The molecule has 0 bridgehead atoms. The van der Waals surface area contributed by atoms with Crippen molar-refractivity contribution in [2.45, 2.75) is 26.9 Å². The molecule has 8 aromatic rings. The molecule has 19 heteroatoms. The minimum absolute atomic E-state index is 0.0719. The number of nitrogens with one attached hydrogen (secondary N) is 4. The number of halogens is 2. The molecule has 0 radical (unpaired) electrons. The second-order valence-corrected chi connectivity index (χ2v) is 15.6. The Labute approximate surface area is 377 Å². The normalized spacial score (nSPS) is 11.5. The van der Waals surface area contributed by atoms with Crippen molar-refractivity contribution in [2.24, 2.45) is 20.5 Å². The average molecular weight is 898 g/mol. The molecule has 0 spiro atoms. The Kier molecular flexibility index (Phi) is 14.1. The van der Waals surface area contributed by atoms with E-state index in [1.807, 2.05) is 97.3 Å². The number of nitrogens with zero attached hydrogens (tertiary/aromatic N) is 12. The number of pyridine rings is 2. The van der Waals surface area contributed by atoms with Gasteiger partial charge in [0.1, 0.15) is 24.5 Å². The highest BCUT2D eigenvalue weighted by Gasteiger charge is 2.13. The number of rotatable bonds is 18. The van der Waals surface area contributed by atoms with E-state index < -0.39 is 0 Å². The molecular formula is C44H42Cl2N16S+2.